The maximum Gasteiger partial charge on any atom is 0.410 e. The molecule has 0 radical (unpaired) electrons. The van der Waals surface area contributed by atoms with Crippen molar-refractivity contribution >= 4 is 6.09 Å². The predicted molar refractivity (Wildman–Crippen MR) is 90.7 cm³/mol. The maximum absolute atomic E-state index is 12.0. The molecule has 1 fully saturated rings. The number of rotatable bonds is 8. The number of hydrogen-bond donors (Lipinski definition) is 1. The lowest BCUT2D eigenvalue weighted by Gasteiger charge is -2.33. The van der Waals surface area contributed by atoms with Crippen LogP contribution >= 0.6 is 0 Å². The molecule has 1 aliphatic heterocycles. The molecule has 1 atom stereocenters. The van der Waals surface area contributed by atoms with Crippen LogP contribution in [0.25, 0.3) is 0 Å². The number of hydrogen-bond acceptors (Lipinski definition) is 5. The average molecular weight is 330 g/mol. The zero-order chi connectivity index (χ0) is 17.3. The Labute approximate surface area is 140 Å². The van der Waals surface area contributed by atoms with Gasteiger partial charge in [0.1, 0.15) is 5.60 Å². The molecule has 1 unspecified atom stereocenters. The van der Waals surface area contributed by atoms with Gasteiger partial charge in [0.05, 0.1) is 19.3 Å². The quantitative estimate of drug-likeness (QED) is 0.693. The largest absolute Gasteiger partial charge is 0.444 e. The third kappa shape index (κ3) is 8.53. The summed E-state index contributed by atoms with van der Waals surface area (Å²) in [7, 11) is 1.72. The lowest BCUT2D eigenvalue weighted by Crippen LogP contribution is -2.44. The molecule has 1 amide bonds. The van der Waals surface area contributed by atoms with Crippen molar-refractivity contribution in [1.82, 2.24) is 10.2 Å². The molecule has 0 aliphatic carbocycles. The third-order valence-electron chi connectivity index (χ3n) is 3.84. The van der Waals surface area contributed by atoms with Gasteiger partial charge in [-0.15, -0.1) is 0 Å². The molecule has 0 bridgehead atoms. The van der Waals surface area contributed by atoms with Crippen LogP contribution in [-0.2, 0) is 14.2 Å². The highest BCUT2D eigenvalue weighted by Crippen LogP contribution is 2.17. The van der Waals surface area contributed by atoms with Gasteiger partial charge in [-0.25, -0.2) is 4.79 Å². The molecule has 0 aromatic heterocycles. The van der Waals surface area contributed by atoms with Crippen molar-refractivity contribution in [3.63, 3.8) is 0 Å². The van der Waals surface area contributed by atoms with Crippen LogP contribution in [0.3, 0.4) is 0 Å². The second kappa shape index (κ2) is 10.1. The van der Waals surface area contributed by atoms with Gasteiger partial charge < -0.3 is 24.4 Å². The number of piperidine rings is 1. The highest BCUT2D eigenvalue weighted by Gasteiger charge is 2.27. The molecule has 0 aromatic rings. The van der Waals surface area contributed by atoms with Crippen molar-refractivity contribution in [2.45, 2.75) is 64.7 Å². The predicted octanol–water partition coefficient (Wildman–Crippen LogP) is 2.42. The van der Waals surface area contributed by atoms with E-state index in [0.29, 0.717) is 25.7 Å². The number of nitrogens with one attached hydrogen (secondary N) is 1. The molecule has 1 heterocycles. The summed E-state index contributed by atoms with van der Waals surface area (Å²) in [4.78, 5) is 13.8. The van der Waals surface area contributed by atoms with Crippen molar-refractivity contribution in [1.29, 1.82) is 0 Å². The SMILES string of the molecule is CCC(COC)NCCOC1CCN(C(=O)OC(C)(C)C)CC1. The number of nitrogens with zero attached hydrogens (tertiary/aromatic N) is 1. The number of amides is 1. The smallest absolute Gasteiger partial charge is 0.410 e. The van der Waals surface area contributed by atoms with E-state index in [1.165, 1.54) is 0 Å². The third-order valence-corrected chi connectivity index (χ3v) is 3.84. The Bertz CT molecular complexity index is 336. The molecule has 1 rings (SSSR count). The Morgan fingerprint density at radius 2 is 1.96 bits per heavy atom. The summed E-state index contributed by atoms with van der Waals surface area (Å²) in [5.41, 5.74) is -0.436. The van der Waals surface area contributed by atoms with Crippen molar-refractivity contribution < 1.29 is 19.0 Å². The zero-order valence-corrected chi connectivity index (χ0v) is 15.4. The van der Waals surface area contributed by atoms with Crippen LogP contribution in [0.15, 0.2) is 0 Å². The van der Waals surface area contributed by atoms with Crippen molar-refractivity contribution in [3.8, 4) is 0 Å². The van der Waals surface area contributed by atoms with E-state index >= 15 is 0 Å². The summed E-state index contributed by atoms with van der Waals surface area (Å²) < 4.78 is 16.5. The van der Waals surface area contributed by atoms with Crippen LogP contribution in [0.4, 0.5) is 4.79 Å². The van der Waals surface area contributed by atoms with Crippen LogP contribution in [-0.4, -0.2) is 68.7 Å². The van der Waals surface area contributed by atoms with Gasteiger partial charge in [0.2, 0.25) is 0 Å². The number of methoxy groups -OCH3 is 1. The number of carbonyl (C=O) groups excluding carboxylic acids is 1. The molecular formula is C17H34N2O4. The van der Waals surface area contributed by atoms with Gasteiger partial charge in [-0.1, -0.05) is 6.92 Å². The Morgan fingerprint density at radius 1 is 1.30 bits per heavy atom. The normalized spacial score (nSPS) is 18.0. The van der Waals surface area contributed by atoms with E-state index in [1.807, 2.05) is 20.8 Å². The first kappa shape index (κ1) is 20.2. The van der Waals surface area contributed by atoms with Crippen LogP contribution in [0, 0.1) is 0 Å². The molecule has 1 aliphatic rings. The average Bonchev–Trinajstić information content (AvgIpc) is 2.49. The van der Waals surface area contributed by atoms with Crippen LogP contribution < -0.4 is 5.32 Å². The van der Waals surface area contributed by atoms with Crippen LogP contribution in [0.2, 0.25) is 0 Å². The zero-order valence-electron chi connectivity index (χ0n) is 15.4. The summed E-state index contributed by atoms with van der Waals surface area (Å²) >= 11 is 0. The van der Waals surface area contributed by atoms with E-state index in [1.54, 1.807) is 12.0 Å². The highest BCUT2D eigenvalue weighted by atomic mass is 16.6. The van der Waals surface area contributed by atoms with Crippen LogP contribution in [0.5, 0.6) is 0 Å². The van der Waals surface area contributed by atoms with Gasteiger partial charge >= 0.3 is 6.09 Å². The molecule has 0 spiro atoms. The Morgan fingerprint density at radius 3 is 2.48 bits per heavy atom. The molecule has 6 heteroatoms. The van der Waals surface area contributed by atoms with Crippen LogP contribution in [0.1, 0.15) is 47.0 Å². The lowest BCUT2D eigenvalue weighted by molar-refractivity contribution is -0.0111. The number of likely N-dealkylation sites (tertiary alicyclic amines) is 1. The fraction of sp³-hybridized carbons (Fsp3) is 0.941. The minimum absolute atomic E-state index is 0.219. The highest BCUT2D eigenvalue weighted by molar-refractivity contribution is 5.68. The van der Waals surface area contributed by atoms with E-state index in [0.717, 1.165) is 32.4 Å². The van der Waals surface area contributed by atoms with Gasteiger partial charge in [-0.05, 0) is 40.0 Å². The number of carbonyl (C=O) groups is 1. The van der Waals surface area contributed by atoms with E-state index in [-0.39, 0.29) is 12.2 Å². The van der Waals surface area contributed by atoms with Gasteiger partial charge in [0.15, 0.2) is 0 Å². The molecule has 6 nitrogen and oxygen atoms in total. The topological polar surface area (TPSA) is 60.0 Å². The van der Waals surface area contributed by atoms with Crippen molar-refractivity contribution in [3.05, 3.63) is 0 Å². The van der Waals surface area contributed by atoms with Gasteiger partial charge in [-0.2, -0.15) is 0 Å². The Kier molecular flexibility index (Phi) is 8.87. The minimum atomic E-state index is -0.436. The second-order valence-corrected chi connectivity index (χ2v) is 7.05. The first-order valence-electron chi connectivity index (χ1n) is 8.67. The standard InChI is InChI=1S/C17H34N2O4/c1-6-14(13-21-5)18-9-12-22-15-7-10-19(11-8-15)16(20)23-17(2,3)4/h14-15,18H,6-13H2,1-5H3. The fourth-order valence-electron chi connectivity index (χ4n) is 2.54. The van der Waals surface area contributed by atoms with E-state index in [4.69, 9.17) is 14.2 Å². The summed E-state index contributed by atoms with van der Waals surface area (Å²) in [6.07, 6.45) is 2.80. The molecule has 23 heavy (non-hydrogen) atoms. The summed E-state index contributed by atoms with van der Waals surface area (Å²) in [6.45, 7) is 11.5. The number of ether oxygens (including phenoxy) is 3. The van der Waals surface area contributed by atoms with Crippen molar-refractivity contribution in [2.75, 3.05) is 40.0 Å². The molecule has 1 N–H and O–H groups in total. The molecule has 0 aromatic carbocycles. The summed E-state index contributed by atoms with van der Waals surface area (Å²) in [6, 6.07) is 0.387. The van der Waals surface area contributed by atoms with E-state index in [9.17, 15) is 4.79 Å². The van der Waals surface area contributed by atoms with Crippen molar-refractivity contribution in [2.24, 2.45) is 0 Å². The molecule has 136 valence electrons. The summed E-state index contributed by atoms with van der Waals surface area (Å²) in [5.74, 6) is 0. The van der Waals surface area contributed by atoms with E-state index in [2.05, 4.69) is 12.2 Å². The monoisotopic (exact) mass is 330 g/mol. The lowest BCUT2D eigenvalue weighted by atomic mass is 10.1. The maximum atomic E-state index is 12.0. The first-order valence-corrected chi connectivity index (χ1v) is 8.67. The Hall–Kier alpha value is -0.850. The van der Waals surface area contributed by atoms with Gasteiger partial charge in [0, 0.05) is 32.8 Å². The summed E-state index contributed by atoms with van der Waals surface area (Å²) in [5, 5.41) is 3.43. The fourth-order valence-corrected chi connectivity index (χ4v) is 2.54. The van der Waals surface area contributed by atoms with E-state index < -0.39 is 5.60 Å². The second-order valence-electron chi connectivity index (χ2n) is 7.05. The molecular weight excluding hydrogens is 296 g/mol. The molecule has 1 saturated heterocycles. The molecule has 0 saturated carbocycles. The minimum Gasteiger partial charge on any atom is -0.444 e. The van der Waals surface area contributed by atoms with Gasteiger partial charge in [-0.3, -0.25) is 0 Å². The van der Waals surface area contributed by atoms with Gasteiger partial charge in [0.25, 0.3) is 0 Å². The first-order chi connectivity index (χ1) is 10.9. The Balaban J connectivity index is 2.15.